The number of hydrogen-bond acceptors (Lipinski definition) is 6. The summed E-state index contributed by atoms with van der Waals surface area (Å²) in [6.45, 7) is 13.9. The molecule has 0 spiro atoms. The smallest absolute Gasteiger partial charge is 0.0594 e. The van der Waals surface area contributed by atoms with Gasteiger partial charge in [-0.25, -0.2) is 0 Å². The van der Waals surface area contributed by atoms with Crippen LogP contribution in [0.25, 0.3) is 11.1 Å². The lowest BCUT2D eigenvalue weighted by molar-refractivity contribution is 0.0810. The normalized spacial score (nSPS) is 12.4. The Hall–Kier alpha value is -2.93. The van der Waals surface area contributed by atoms with Crippen molar-refractivity contribution in [2.45, 2.75) is 47.1 Å². The Bertz CT molecular complexity index is 928. The Balaban J connectivity index is 0.000000518. The van der Waals surface area contributed by atoms with Crippen LogP contribution in [-0.2, 0) is 11.2 Å². The SMILES string of the molecule is CC(C)(C)C(/C=C\Cc1ccc(-c2cccnc2)cc1N)=C/C=C/N.CC(C)OCCNCCN. The minimum Gasteiger partial charge on any atom is -0.405 e. The lowest BCUT2D eigenvalue weighted by Crippen LogP contribution is -2.26. The predicted molar refractivity (Wildman–Crippen MR) is 151 cm³/mol. The molecule has 0 amide bonds. The van der Waals surface area contributed by atoms with E-state index >= 15 is 0 Å². The molecule has 0 aliphatic heterocycles. The summed E-state index contributed by atoms with van der Waals surface area (Å²) in [6.07, 6.45) is 14.5. The number of hydrogen-bond donors (Lipinski definition) is 4. The van der Waals surface area contributed by atoms with Crippen molar-refractivity contribution < 1.29 is 4.74 Å². The monoisotopic (exact) mass is 479 g/mol. The fourth-order valence-corrected chi connectivity index (χ4v) is 3.12. The van der Waals surface area contributed by atoms with E-state index in [9.17, 15) is 0 Å². The van der Waals surface area contributed by atoms with Crippen LogP contribution in [0.2, 0.25) is 0 Å². The van der Waals surface area contributed by atoms with Crippen LogP contribution in [0.1, 0.15) is 40.2 Å². The lowest BCUT2D eigenvalue weighted by atomic mass is 9.85. The summed E-state index contributed by atoms with van der Waals surface area (Å²) in [5.41, 5.74) is 22.3. The number of nitrogens with two attached hydrogens (primary N) is 3. The topological polar surface area (TPSA) is 112 Å². The molecule has 2 rings (SSSR count). The summed E-state index contributed by atoms with van der Waals surface area (Å²) in [5, 5.41) is 3.14. The molecule has 0 atom stereocenters. The Kier molecular flexibility index (Phi) is 14.3. The van der Waals surface area contributed by atoms with Crippen LogP contribution in [0.3, 0.4) is 0 Å². The molecule has 2 aromatic rings. The van der Waals surface area contributed by atoms with Crippen molar-refractivity contribution in [3.05, 3.63) is 84.4 Å². The second-order valence-electron chi connectivity index (χ2n) is 9.48. The maximum atomic E-state index is 6.24. The molecule has 1 aromatic carbocycles. The van der Waals surface area contributed by atoms with E-state index in [2.05, 4.69) is 55.4 Å². The number of nitrogen functional groups attached to an aromatic ring is 1. The maximum Gasteiger partial charge on any atom is 0.0594 e. The Morgan fingerprint density at radius 2 is 1.91 bits per heavy atom. The molecule has 1 heterocycles. The van der Waals surface area contributed by atoms with Gasteiger partial charge >= 0.3 is 0 Å². The van der Waals surface area contributed by atoms with E-state index in [0.717, 1.165) is 48.5 Å². The van der Waals surface area contributed by atoms with E-state index in [1.54, 1.807) is 12.4 Å². The number of rotatable bonds is 11. The molecule has 1 aromatic heterocycles. The zero-order valence-electron chi connectivity index (χ0n) is 22.1. The van der Waals surface area contributed by atoms with Crippen LogP contribution in [0, 0.1) is 5.41 Å². The van der Waals surface area contributed by atoms with Crippen LogP contribution in [0.15, 0.2) is 78.8 Å². The first-order chi connectivity index (χ1) is 16.7. The fraction of sp³-hybridized carbons (Fsp3) is 0.414. The zero-order chi connectivity index (χ0) is 26.1. The van der Waals surface area contributed by atoms with Crippen molar-refractivity contribution in [1.29, 1.82) is 0 Å². The molecule has 0 saturated heterocycles. The minimum atomic E-state index is 0.0612. The van der Waals surface area contributed by atoms with Crippen molar-refractivity contribution in [3.63, 3.8) is 0 Å². The summed E-state index contributed by atoms with van der Waals surface area (Å²) in [7, 11) is 0. The minimum absolute atomic E-state index is 0.0612. The summed E-state index contributed by atoms with van der Waals surface area (Å²) in [4.78, 5) is 4.16. The molecular formula is C29H45N5O. The van der Waals surface area contributed by atoms with Crippen LogP contribution in [0.5, 0.6) is 0 Å². The molecule has 0 aliphatic rings. The van der Waals surface area contributed by atoms with Crippen molar-refractivity contribution in [1.82, 2.24) is 10.3 Å². The first-order valence-corrected chi connectivity index (χ1v) is 12.3. The quantitative estimate of drug-likeness (QED) is 0.209. The average molecular weight is 480 g/mol. The third kappa shape index (κ3) is 12.9. The number of pyridine rings is 1. The second kappa shape index (κ2) is 16.7. The molecule has 0 aliphatic carbocycles. The van der Waals surface area contributed by atoms with Gasteiger partial charge in [0.25, 0.3) is 0 Å². The molecule has 0 saturated carbocycles. The molecule has 0 unspecified atom stereocenters. The average Bonchev–Trinajstić information content (AvgIpc) is 2.82. The summed E-state index contributed by atoms with van der Waals surface area (Å²) in [6, 6.07) is 10.2. The molecule has 0 fully saturated rings. The van der Waals surface area contributed by atoms with Crippen LogP contribution < -0.4 is 22.5 Å². The number of nitrogens with zero attached hydrogens (tertiary/aromatic N) is 1. The van der Waals surface area contributed by atoms with Gasteiger partial charge in [0.2, 0.25) is 0 Å². The van der Waals surface area contributed by atoms with Gasteiger partial charge in [0, 0.05) is 43.3 Å². The first-order valence-electron chi connectivity index (χ1n) is 12.3. The molecule has 7 N–H and O–H groups in total. The molecular weight excluding hydrogens is 434 g/mol. The van der Waals surface area contributed by atoms with Gasteiger partial charge in [-0.1, -0.05) is 57.2 Å². The number of allylic oxidation sites excluding steroid dienone is 5. The lowest BCUT2D eigenvalue weighted by Gasteiger charge is -2.20. The van der Waals surface area contributed by atoms with Crippen molar-refractivity contribution in [2.24, 2.45) is 16.9 Å². The van der Waals surface area contributed by atoms with Crippen molar-refractivity contribution in [2.75, 3.05) is 32.0 Å². The number of benzene rings is 1. The number of anilines is 1. The van der Waals surface area contributed by atoms with E-state index in [1.807, 2.05) is 50.4 Å². The molecule has 35 heavy (non-hydrogen) atoms. The molecule has 6 nitrogen and oxygen atoms in total. The first kappa shape index (κ1) is 30.1. The van der Waals surface area contributed by atoms with Crippen LogP contribution >= 0.6 is 0 Å². The maximum absolute atomic E-state index is 6.24. The Morgan fingerprint density at radius 1 is 1.14 bits per heavy atom. The summed E-state index contributed by atoms with van der Waals surface area (Å²) in [5.74, 6) is 0. The second-order valence-corrected chi connectivity index (χ2v) is 9.48. The molecule has 0 radical (unpaired) electrons. The Labute approximate surface area is 212 Å². The largest absolute Gasteiger partial charge is 0.405 e. The number of ether oxygens (including phenoxy) is 1. The fourth-order valence-electron chi connectivity index (χ4n) is 3.12. The highest BCUT2D eigenvalue weighted by Gasteiger charge is 2.13. The third-order valence-corrected chi connectivity index (χ3v) is 5.08. The van der Waals surface area contributed by atoms with Gasteiger partial charge in [-0.05, 0) is 66.8 Å². The summed E-state index contributed by atoms with van der Waals surface area (Å²) < 4.78 is 5.29. The van der Waals surface area contributed by atoms with Crippen LogP contribution in [-0.4, -0.2) is 37.3 Å². The van der Waals surface area contributed by atoms with E-state index in [0.29, 0.717) is 12.6 Å². The van der Waals surface area contributed by atoms with Gasteiger partial charge in [-0.15, -0.1) is 0 Å². The predicted octanol–water partition coefficient (Wildman–Crippen LogP) is 4.83. The van der Waals surface area contributed by atoms with Gasteiger partial charge in [-0.3, -0.25) is 4.98 Å². The highest BCUT2D eigenvalue weighted by atomic mass is 16.5. The number of nitrogens with one attached hydrogen (secondary N) is 1. The van der Waals surface area contributed by atoms with Gasteiger partial charge in [0.1, 0.15) is 0 Å². The molecule has 0 bridgehead atoms. The van der Waals surface area contributed by atoms with E-state index in [4.69, 9.17) is 21.9 Å². The van der Waals surface area contributed by atoms with E-state index < -0.39 is 0 Å². The highest BCUT2D eigenvalue weighted by Crippen LogP contribution is 2.27. The van der Waals surface area contributed by atoms with Crippen molar-refractivity contribution in [3.8, 4) is 11.1 Å². The van der Waals surface area contributed by atoms with Gasteiger partial charge in [0.05, 0.1) is 12.7 Å². The highest BCUT2D eigenvalue weighted by molar-refractivity contribution is 5.68. The van der Waals surface area contributed by atoms with Gasteiger partial charge < -0.3 is 27.3 Å². The third-order valence-electron chi connectivity index (χ3n) is 5.08. The zero-order valence-corrected chi connectivity index (χ0v) is 22.1. The van der Waals surface area contributed by atoms with E-state index in [-0.39, 0.29) is 5.41 Å². The van der Waals surface area contributed by atoms with Gasteiger partial charge in [-0.2, -0.15) is 0 Å². The standard InChI is InChI=1S/C22H27N3.C7H18N2O/c1-22(2,3)20(10-5-13-23)9-4-7-17-11-12-18(15-21(17)24)19-8-6-14-25-16-19;1-7(2)10-6-5-9-4-3-8/h4-6,8-16H,7,23-24H2,1-3H3;7,9H,3-6,8H2,1-2H3/b9-4-,13-5+,20-10+;. The summed E-state index contributed by atoms with van der Waals surface area (Å²) >= 11 is 0. The molecule has 192 valence electrons. The van der Waals surface area contributed by atoms with Crippen LogP contribution in [0.4, 0.5) is 5.69 Å². The Morgan fingerprint density at radius 3 is 2.49 bits per heavy atom. The molecule has 6 heteroatoms. The van der Waals surface area contributed by atoms with Gasteiger partial charge in [0.15, 0.2) is 0 Å². The number of aromatic nitrogens is 1. The van der Waals surface area contributed by atoms with Crippen molar-refractivity contribution >= 4 is 5.69 Å². The van der Waals surface area contributed by atoms with E-state index in [1.165, 1.54) is 5.57 Å².